The molecule has 0 bridgehead atoms. The van der Waals surface area contributed by atoms with Gasteiger partial charge in [-0.05, 0) is 38.8 Å². The Bertz CT molecular complexity index is 546. The SMILES string of the molecule is CCN(C)C[C@H]1CCN(c2nc(OC)nc(N3CCCCCC3)n2)C1. The first kappa shape index (κ1) is 18.2. The highest BCUT2D eigenvalue weighted by atomic mass is 16.5. The van der Waals surface area contributed by atoms with E-state index in [1.54, 1.807) is 7.11 Å². The maximum Gasteiger partial charge on any atom is 0.322 e. The average Bonchev–Trinajstić information content (AvgIpc) is 2.93. The molecule has 2 aliphatic rings. The van der Waals surface area contributed by atoms with E-state index in [0.29, 0.717) is 11.9 Å². The van der Waals surface area contributed by atoms with Gasteiger partial charge < -0.3 is 19.4 Å². The predicted molar refractivity (Wildman–Crippen MR) is 101 cm³/mol. The Kier molecular flexibility index (Phi) is 6.29. The van der Waals surface area contributed by atoms with Gasteiger partial charge in [-0.2, -0.15) is 15.0 Å². The summed E-state index contributed by atoms with van der Waals surface area (Å²) in [5.41, 5.74) is 0. The number of ether oxygens (including phenoxy) is 1. The minimum Gasteiger partial charge on any atom is -0.467 e. The van der Waals surface area contributed by atoms with Crippen molar-refractivity contribution >= 4 is 11.9 Å². The smallest absolute Gasteiger partial charge is 0.322 e. The average molecular weight is 348 g/mol. The second kappa shape index (κ2) is 8.65. The van der Waals surface area contributed by atoms with E-state index in [1.165, 1.54) is 32.1 Å². The molecule has 2 aliphatic heterocycles. The zero-order chi connectivity index (χ0) is 17.6. The number of hydrogen-bond donors (Lipinski definition) is 0. The number of aromatic nitrogens is 3. The first-order valence-electron chi connectivity index (χ1n) is 9.68. The molecule has 2 fully saturated rings. The van der Waals surface area contributed by atoms with Crippen LogP contribution < -0.4 is 14.5 Å². The van der Waals surface area contributed by atoms with Crippen molar-refractivity contribution in [3.8, 4) is 6.01 Å². The maximum atomic E-state index is 5.36. The molecule has 140 valence electrons. The van der Waals surface area contributed by atoms with Gasteiger partial charge in [0.1, 0.15) is 0 Å². The first-order valence-corrected chi connectivity index (χ1v) is 9.68. The second-order valence-electron chi connectivity index (χ2n) is 7.28. The monoisotopic (exact) mass is 348 g/mol. The molecule has 3 heterocycles. The lowest BCUT2D eigenvalue weighted by Crippen LogP contribution is -2.30. The topological polar surface area (TPSA) is 57.6 Å². The van der Waals surface area contributed by atoms with E-state index in [4.69, 9.17) is 9.72 Å². The number of nitrogens with zero attached hydrogens (tertiary/aromatic N) is 6. The molecule has 25 heavy (non-hydrogen) atoms. The molecule has 0 amide bonds. The van der Waals surface area contributed by atoms with Crippen molar-refractivity contribution in [1.29, 1.82) is 0 Å². The number of rotatable bonds is 6. The molecule has 7 nitrogen and oxygen atoms in total. The molecule has 3 rings (SSSR count). The minimum atomic E-state index is 0.429. The third-order valence-corrected chi connectivity index (χ3v) is 5.34. The van der Waals surface area contributed by atoms with E-state index in [2.05, 4.69) is 38.6 Å². The van der Waals surface area contributed by atoms with Crippen molar-refractivity contribution in [1.82, 2.24) is 19.9 Å². The molecular formula is C18H32N6O. The van der Waals surface area contributed by atoms with Crippen molar-refractivity contribution in [2.45, 2.75) is 39.0 Å². The highest BCUT2D eigenvalue weighted by Gasteiger charge is 2.27. The lowest BCUT2D eigenvalue weighted by molar-refractivity contribution is 0.300. The summed E-state index contributed by atoms with van der Waals surface area (Å²) in [5.74, 6) is 2.22. The normalized spacial score (nSPS) is 21.7. The van der Waals surface area contributed by atoms with Crippen LogP contribution in [-0.2, 0) is 0 Å². The Balaban J connectivity index is 1.73. The molecule has 0 saturated carbocycles. The van der Waals surface area contributed by atoms with Gasteiger partial charge in [-0.1, -0.05) is 19.8 Å². The van der Waals surface area contributed by atoms with Gasteiger partial charge >= 0.3 is 6.01 Å². The quantitative estimate of drug-likeness (QED) is 0.780. The van der Waals surface area contributed by atoms with E-state index in [1.807, 2.05) is 0 Å². The molecule has 1 aromatic heterocycles. The van der Waals surface area contributed by atoms with Gasteiger partial charge in [0, 0.05) is 32.7 Å². The summed E-state index contributed by atoms with van der Waals surface area (Å²) in [7, 11) is 3.82. The first-order chi connectivity index (χ1) is 12.2. The highest BCUT2D eigenvalue weighted by Crippen LogP contribution is 2.25. The minimum absolute atomic E-state index is 0.429. The van der Waals surface area contributed by atoms with Crippen molar-refractivity contribution in [3.05, 3.63) is 0 Å². The predicted octanol–water partition coefficient (Wildman–Crippen LogP) is 2.04. The zero-order valence-electron chi connectivity index (χ0n) is 15.9. The van der Waals surface area contributed by atoms with E-state index in [9.17, 15) is 0 Å². The van der Waals surface area contributed by atoms with E-state index < -0.39 is 0 Å². The lowest BCUT2D eigenvalue weighted by Gasteiger charge is -2.23. The van der Waals surface area contributed by atoms with Crippen LogP contribution in [-0.4, -0.2) is 73.3 Å². The van der Waals surface area contributed by atoms with Gasteiger partial charge in [0.25, 0.3) is 0 Å². The molecule has 0 spiro atoms. The number of anilines is 2. The molecule has 0 unspecified atom stereocenters. The number of methoxy groups -OCH3 is 1. The van der Waals surface area contributed by atoms with Gasteiger partial charge in [-0.25, -0.2) is 0 Å². The zero-order valence-corrected chi connectivity index (χ0v) is 15.9. The van der Waals surface area contributed by atoms with Crippen molar-refractivity contribution in [2.24, 2.45) is 5.92 Å². The van der Waals surface area contributed by atoms with Gasteiger partial charge in [-0.3, -0.25) is 0 Å². The summed E-state index contributed by atoms with van der Waals surface area (Å²) in [6.45, 7) is 8.50. The molecule has 0 radical (unpaired) electrons. The fraction of sp³-hybridized carbons (Fsp3) is 0.833. The van der Waals surface area contributed by atoms with Crippen LogP contribution in [0.4, 0.5) is 11.9 Å². The van der Waals surface area contributed by atoms with Crippen LogP contribution in [0.3, 0.4) is 0 Å². The standard InChI is InChI=1S/C18H32N6O/c1-4-22(2)13-15-9-12-24(14-15)17-19-16(20-18(21-17)25-3)23-10-7-5-6-8-11-23/h15H,4-14H2,1-3H3/t15-/m1/s1. The molecule has 0 aliphatic carbocycles. The summed E-state index contributed by atoms with van der Waals surface area (Å²) in [4.78, 5) is 20.8. The molecule has 2 saturated heterocycles. The summed E-state index contributed by atoms with van der Waals surface area (Å²) in [5, 5.41) is 0. The van der Waals surface area contributed by atoms with E-state index in [0.717, 1.165) is 51.2 Å². The Morgan fingerprint density at radius 2 is 1.68 bits per heavy atom. The van der Waals surface area contributed by atoms with Crippen LogP contribution in [0, 0.1) is 5.92 Å². The summed E-state index contributed by atoms with van der Waals surface area (Å²) in [6, 6.07) is 0.429. The molecule has 7 heteroatoms. The van der Waals surface area contributed by atoms with E-state index in [-0.39, 0.29) is 0 Å². The Labute approximate surface area is 151 Å². The van der Waals surface area contributed by atoms with Crippen LogP contribution in [0.5, 0.6) is 6.01 Å². The van der Waals surface area contributed by atoms with Crippen LogP contribution in [0.15, 0.2) is 0 Å². The molecule has 1 aromatic rings. The molecule has 1 atom stereocenters. The molecule has 0 N–H and O–H groups in total. The summed E-state index contributed by atoms with van der Waals surface area (Å²) < 4.78 is 5.36. The largest absolute Gasteiger partial charge is 0.467 e. The highest BCUT2D eigenvalue weighted by molar-refractivity contribution is 5.41. The second-order valence-corrected chi connectivity index (χ2v) is 7.28. The fourth-order valence-electron chi connectivity index (χ4n) is 3.71. The summed E-state index contributed by atoms with van der Waals surface area (Å²) in [6.07, 6.45) is 6.20. The lowest BCUT2D eigenvalue weighted by atomic mass is 10.1. The van der Waals surface area contributed by atoms with Gasteiger partial charge in [-0.15, -0.1) is 0 Å². The number of hydrogen-bond acceptors (Lipinski definition) is 7. The maximum absolute atomic E-state index is 5.36. The van der Waals surface area contributed by atoms with Crippen LogP contribution in [0.2, 0.25) is 0 Å². The Hall–Kier alpha value is -1.63. The van der Waals surface area contributed by atoms with Gasteiger partial charge in [0.05, 0.1) is 7.11 Å². The third kappa shape index (κ3) is 4.71. The molecule has 0 aromatic carbocycles. The van der Waals surface area contributed by atoms with E-state index >= 15 is 0 Å². The summed E-state index contributed by atoms with van der Waals surface area (Å²) >= 11 is 0. The van der Waals surface area contributed by atoms with Crippen molar-refractivity contribution < 1.29 is 4.74 Å². The van der Waals surface area contributed by atoms with Crippen LogP contribution in [0.1, 0.15) is 39.0 Å². The van der Waals surface area contributed by atoms with Crippen molar-refractivity contribution in [3.63, 3.8) is 0 Å². The molecular weight excluding hydrogens is 316 g/mol. The van der Waals surface area contributed by atoms with Crippen molar-refractivity contribution in [2.75, 3.05) is 63.2 Å². The van der Waals surface area contributed by atoms with Crippen LogP contribution >= 0.6 is 0 Å². The Morgan fingerprint density at radius 1 is 1.00 bits per heavy atom. The third-order valence-electron chi connectivity index (χ3n) is 5.34. The van der Waals surface area contributed by atoms with Crippen LogP contribution in [0.25, 0.3) is 0 Å². The Morgan fingerprint density at radius 3 is 2.32 bits per heavy atom. The van der Waals surface area contributed by atoms with Gasteiger partial charge in [0.2, 0.25) is 11.9 Å². The van der Waals surface area contributed by atoms with Gasteiger partial charge in [0.15, 0.2) is 0 Å². The fourth-order valence-corrected chi connectivity index (χ4v) is 3.71.